The van der Waals surface area contributed by atoms with E-state index < -0.39 is 11.2 Å². The third-order valence-electron chi connectivity index (χ3n) is 6.19. The van der Waals surface area contributed by atoms with Crippen molar-refractivity contribution >= 4 is 12.0 Å². The predicted molar refractivity (Wildman–Crippen MR) is 100 cm³/mol. The van der Waals surface area contributed by atoms with Gasteiger partial charge in [0.05, 0.1) is 6.54 Å². The smallest absolute Gasteiger partial charge is 0.410 e. The lowest BCUT2D eigenvalue weighted by Gasteiger charge is -2.40. The summed E-state index contributed by atoms with van der Waals surface area (Å²) < 4.78 is 11.5. The van der Waals surface area contributed by atoms with Crippen LogP contribution in [-0.4, -0.2) is 65.8 Å². The summed E-state index contributed by atoms with van der Waals surface area (Å²) in [7, 11) is 0. The molecule has 3 fully saturated rings. The molecule has 1 spiro atoms. The van der Waals surface area contributed by atoms with Gasteiger partial charge in [0.1, 0.15) is 11.2 Å². The van der Waals surface area contributed by atoms with Gasteiger partial charge in [0, 0.05) is 39.1 Å². The van der Waals surface area contributed by atoms with Gasteiger partial charge in [0.25, 0.3) is 5.91 Å². The molecule has 0 bridgehead atoms. The molecule has 0 aliphatic carbocycles. The summed E-state index contributed by atoms with van der Waals surface area (Å²) in [5, 5.41) is 0. The molecule has 3 heterocycles. The van der Waals surface area contributed by atoms with E-state index in [1.807, 2.05) is 34.9 Å². The lowest BCUT2D eigenvalue weighted by atomic mass is 9.90. The Morgan fingerprint density at radius 2 is 1.89 bits per heavy atom. The number of likely N-dealkylation sites (tertiary alicyclic amines) is 1. The molecule has 3 saturated heterocycles. The highest BCUT2D eigenvalue weighted by atomic mass is 16.6. The van der Waals surface area contributed by atoms with E-state index in [1.165, 1.54) is 5.56 Å². The number of carbonyl (C=O) groups is 2. The van der Waals surface area contributed by atoms with Crippen LogP contribution >= 0.6 is 0 Å². The van der Waals surface area contributed by atoms with Crippen molar-refractivity contribution in [2.45, 2.75) is 50.2 Å². The van der Waals surface area contributed by atoms with E-state index in [4.69, 9.17) is 9.47 Å². The van der Waals surface area contributed by atoms with Crippen LogP contribution in [-0.2, 0) is 20.7 Å². The van der Waals surface area contributed by atoms with Crippen molar-refractivity contribution in [3.63, 3.8) is 0 Å². The molecule has 0 saturated carbocycles. The Hall–Kier alpha value is -2.08. The van der Waals surface area contributed by atoms with Crippen molar-refractivity contribution in [3.8, 4) is 0 Å². The molecule has 1 atom stereocenters. The van der Waals surface area contributed by atoms with Crippen LogP contribution < -0.4 is 0 Å². The molecule has 0 radical (unpaired) electrons. The number of hydrogen-bond donors (Lipinski definition) is 0. The average molecular weight is 372 g/mol. The number of carbonyl (C=O) groups excluding carboxylic acids is 2. The molecule has 6 nitrogen and oxygen atoms in total. The van der Waals surface area contributed by atoms with Gasteiger partial charge < -0.3 is 19.3 Å². The highest BCUT2D eigenvalue weighted by molar-refractivity contribution is 5.85. The van der Waals surface area contributed by atoms with Crippen LogP contribution in [0.2, 0.25) is 0 Å². The maximum atomic E-state index is 12.8. The topological polar surface area (TPSA) is 59.1 Å². The van der Waals surface area contributed by atoms with E-state index in [9.17, 15) is 9.59 Å². The minimum Gasteiger partial charge on any atom is -0.441 e. The van der Waals surface area contributed by atoms with Gasteiger partial charge in [-0.15, -0.1) is 0 Å². The molecule has 27 heavy (non-hydrogen) atoms. The van der Waals surface area contributed by atoms with E-state index in [1.54, 1.807) is 0 Å². The van der Waals surface area contributed by atoms with Crippen LogP contribution in [0.25, 0.3) is 0 Å². The summed E-state index contributed by atoms with van der Waals surface area (Å²) in [6.45, 7) is 5.09. The predicted octanol–water partition coefficient (Wildman–Crippen LogP) is 2.61. The largest absolute Gasteiger partial charge is 0.441 e. The van der Waals surface area contributed by atoms with Crippen LogP contribution in [0.5, 0.6) is 0 Å². The van der Waals surface area contributed by atoms with Crippen molar-refractivity contribution in [1.82, 2.24) is 9.80 Å². The maximum Gasteiger partial charge on any atom is 0.410 e. The van der Waals surface area contributed by atoms with Crippen molar-refractivity contribution in [2.75, 3.05) is 32.8 Å². The zero-order valence-corrected chi connectivity index (χ0v) is 16.0. The fourth-order valence-corrected chi connectivity index (χ4v) is 4.43. The summed E-state index contributed by atoms with van der Waals surface area (Å²) in [6, 6.07) is 10.2. The van der Waals surface area contributed by atoms with E-state index in [0.29, 0.717) is 45.6 Å². The van der Waals surface area contributed by atoms with E-state index in [2.05, 4.69) is 12.1 Å². The second-order valence-electron chi connectivity index (χ2n) is 8.18. The zero-order valence-electron chi connectivity index (χ0n) is 16.0. The van der Waals surface area contributed by atoms with Gasteiger partial charge in [0.15, 0.2) is 0 Å². The first-order valence-electron chi connectivity index (χ1n) is 9.95. The van der Waals surface area contributed by atoms with Gasteiger partial charge in [-0.3, -0.25) is 4.79 Å². The number of ether oxygens (including phenoxy) is 2. The van der Waals surface area contributed by atoms with Crippen molar-refractivity contribution in [3.05, 3.63) is 35.9 Å². The van der Waals surface area contributed by atoms with Crippen LogP contribution in [0, 0.1) is 0 Å². The molecule has 3 aliphatic rings. The minimum absolute atomic E-state index is 0.0834. The second kappa shape index (κ2) is 7.15. The summed E-state index contributed by atoms with van der Waals surface area (Å²) in [5.41, 5.74) is 0.108. The number of rotatable bonds is 4. The standard InChI is InChI=1S/C21H28N2O4/c1-20(9-5-15-26-20)18(24)22-13-10-21(11-14-22)16-23(19(25)27-21)12-8-17-6-3-2-4-7-17/h2-4,6-7H,5,8-16H2,1H3/t20-/m1/s1. The number of nitrogens with zero attached hydrogens (tertiary/aromatic N) is 2. The van der Waals surface area contributed by atoms with E-state index in [-0.39, 0.29) is 12.0 Å². The Labute approximate surface area is 160 Å². The average Bonchev–Trinajstić information content (AvgIpc) is 3.25. The van der Waals surface area contributed by atoms with Gasteiger partial charge in [-0.25, -0.2) is 4.79 Å². The molecule has 146 valence electrons. The molecule has 1 aromatic rings. The first-order chi connectivity index (χ1) is 13.0. The molecule has 0 unspecified atom stereocenters. The summed E-state index contributed by atoms with van der Waals surface area (Å²) in [4.78, 5) is 28.8. The van der Waals surface area contributed by atoms with Crippen LogP contribution in [0.1, 0.15) is 38.2 Å². The highest BCUT2D eigenvalue weighted by Gasteiger charge is 2.49. The minimum atomic E-state index is -0.668. The highest BCUT2D eigenvalue weighted by Crippen LogP contribution is 2.35. The van der Waals surface area contributed by atoms with Crippen molar-refractivity contribution in [1.29, 1.82) is 0 Å². The number of hydrogen-bond acceptors (Lipinski definition) is 4. The summed E-state index contributed by atoms with van der Waals surface area (Å²) >= 11 is 0. The number of benzene rings is 1. The molecule has 6 heteroatoms. The third kappa shape index (κ3) is 3.68. The van der Waals surface area contributed by atoms with Gasteiger partial charge >= 0.3 is 6.09 Å². The first kappa shape index (κ1) is 18.3. The lowest BCUT2D eigenvalue weighted by Crippen LogP contribution is -2.54. The molecule has 2 amide bonds. The number of amides is 2. The van der Waals surface area contributed by atoms with Gasteiger partial charge in [-0.05, 0) is 31.7 Å². The van der Waals surface area contributed by atoms with Crippen molar-refractivity contribution in [2.24, 2.45) is 0 Å². The molecule has 0 aromatic heterocycles. The molecule has 1 aromatic carbocycles. The normalized spacial score (nSPS) is 27.2. The van der Waals surface area contributed by atoms with Gasteiger partial charge in [0.2, 0.25) is 0 Å². The zero-order chi connectivity index (χ0) is 18.9. The second-order valence-corrected chi connectivity index (χ2v) is 8.18. The monoisotopic (exact) mass is 372 g/mol. The summed E-state index contributed by atoms with van der Waals surface area (Å²) in [6.07, 6.45) is 3.72. The molecular formula is C21H28N2O4. The molecule has 4 rings (SSSR count). The van der Waals surface area contributed by atoms with Crippen LogP contribution in [0.3, 0.4) is 0 Å². The Morgan fingerprint density at radius 1 is 1.15 bits per heavy atom. The van der Waals surface area contributed by atoms with E-state index >= 15 is 0 Å². The van der Waals surface area contributed by atoms with Crippen molar-refractivity contribution < 1.29 is 19.1 Å². The number of piperidine rings is 1. The molecule has 0 N–H and O–H groups in total. The van der Waals surface area contributed by atoms with Crippen LogP contribution in [0.15, 0.2) is 30.3 Å². The maximum absolute atomic E-state index is 12.8. The Kier molecular flexibility index (Phi) is 4.84. The first-order valence-corrected chi connectivity index (χ1v) is 9.95. The van der Waals surface area contributed by atoms with Crippen LogP contribution in [0.4, 0.5) is 4.79 Å². The van der Waals surface area contributed by atoms with E-state index in [0.717, 1.165) is 19.3 Å². The Morgan fingerprint density at radius 3 is 2.56 bits per heavy atom. The Balaban J connectivity index is 1.32. The van der Waals surface area contributed by atoms with Gasteiger partial charge in [-0.2, -0.15) is 0 Å². The molecular weight excluding hydrogens is 344 g/mol. The SMILES string of the molecule is C[C@]1(C(=O)N2CCC3(CC2)CN(CCc2ccccc2)C(=O)O3)CCCO1. The summed E-state index contributed by atoms with van der Waals surface area (Å²) in [5.74, 6) is 0.0834. The fourth-order valence-electron chi connectivity index (χ4n) is 4.43. The van der Waals surface area contributed by atoms with Gasteiger partial charge in [-0.1, -0.05) is 30.3 Å². The quantitative estimate of drug-likeness (QED) is 0.815. The lowest BCUT2D eigenvalue weighted by molar-refractivity contribution is -0.154. The molecule has 3 aliphatic heterocycles. The third-order valence-corrected chi connectivity index (χ3v) is 6.19. The Bertz CT molecular complexity index is 691. The fraction of sp³-hybridized carbons (Fsp3) is 0.619.